The monoisotopic (exact) mass is 516 g/mol. The second-order valence-corrected chi connectivity index (χ2v) is 10.4. The van der Waals surface area contributed by atoms with E-state index in [9.17, 15) is 0 Å². The molecule has 0 bridgehead atoms. The number of unbranched alkanes of at least 4 members (excludes halogenated alkanes) is 1. The highest BCUT2D eigenvalue weighted by Gasteiger charge is 2.27. The summed E-state index contributed by atoms with van der Waals surface area (Å²) in [6.07, 6.45) is 4.66. The molecule has 0 N–H and O–H groups in total. The van der Waals surface area contributed by atoms with E-state index >= 15 is 0 Å². The molecule has 5 rings (SSSR count). The van der Waals surface area contributed by atoms with Crippen LogP contribution in [0.3, 0.4) is 0 Å². The molecule has 1 aromatic carbocycles. The van der Waals surface area contributed by atoms with Gasteiger partial charge in [0.2, 0.25) is 0 Å². The Balaban J connectivity index is 1.58. The van der Waals surface area contributed by atoms with Crippen molar-refractivity contribution in [2.75, 3.05) is 40.1 Å². The van der Waals surface area contributed by atoms with Gasteiger partial charge in [0.15, 0.2) is 23.0 Å². The average Bonchev–Trinajstić information content (AvgIpc) is 3.53. The van der Waals surface area contributed by atoms with Crippen molar-refractivity contribution in [1.29, 1.82) is 0 Å². The van der Waals surface area contributed by atoms with E-state index < -0.39 is 0 Å². The van der Waals surface area contributed by atoms with E-state index in [1.807, 2.05) is 10.8 Å². The predicted molar refractivity (Wildman–Crippen MR) is 140 cm³/mol. The maximum atomic E-state index is 6.57. The standard InChI is InChI=1S/C27H32O6S2/c1-4-6-7-17(5-2)14-33-21-13-18(26-24-22(15-34-26)29-8-10-31-24)20(28-3)12-19(21)27-25-23(16-35-27)30-9-11-32-25/h12-13,15-17H,4-11,14H2,1-3H3. The van der Waals surface area contributed by atoms with Crippen molar-refractivity contribution in [3.63, 3.8) is 0 Å². The third-order valence-electron chi connectivity index (χ3n) is 6.41. The van der Waals surface area contributed by atoms with Crippen LogP contribution in [0, 0.1) is 5.92 Å². The fourth-order valence-electron chi connectivity index (χ4n) is 4.41. The molecular weight excluding hydrogens is 484 g/mol. The van der Waals surface area contributed by atoms with Gasteiger partial charge in [-0.25, -0.2) is 0 Å². The van der Waals surface area contributed by atoms with E-state index in [1.54, 1.807) is 29.8 Å². The number of methoxy groups -OCH3 is 1. The van der Waals surface area contributed by atoms with Crippen LogP contribution in [0.2, 0.25) is 0 Å². The fraction of sp³-hybridized carbons (Fsp3) is 0.481. The van der Waals surface area contributed by atoms with Crippen molar-refractivity contribution in [3.05, 3.63) is 22.9 Å². The van der Waals surface area contributed by atoms with Gasteiger partial charge < -0.3 is 28.4 Å². The highest BCUT2D eigenvalue weighted by Crippen LogP contribution is 2.53. The zero-order valence-corrected chi connectivity index (χ0v) is 22.1. The molecule has 2 aliphatic heterocycles. The van der Waals surface area contributed by atoms with Crippen molar-refractivity contribution in [2.45, 2.75) is 39.5 Å². The molecule has 6 nitrogen and oxygen atoms in total. The topological polar surface area (TPSA) is 55.4 Å². The lowest BCUT2D eigenvalue weighted by molar-refractivity contribution is 0.174. The van der Waals surface area contributed by atoms with Gasteiger partial charge in [0.1, 0.15) is 37.9 Å². The molecule has 188 valence electrons. The van der Waals surface area contributed by atoms with Gasteiger partial charge in [-0.15, -0.1) is 22.7 Å². The summed E-state index contributed by atoms with van der Waals surface area (Å²) >= 11 is 3.20. The van der Waals surface area contributed by atoms with Crippen molar-refractivity contribution in [2.24, 2.45) is 5.92 Å². The molecule has 0 radical (unpaired) electrons. The Morgan fingerprint density at radius 3 is 1.97 bits per heavy atom. The minimum Gasteiger partial charge on any atom is -0.496 e. The fourth-order valence-corrected chi connectivity index (χ4v) is 6.31. The first-order valence-electron chi connectivity index (χ1n) is 12.3. The van der Waals surface area contributed by atoms with E-state index in [-0.39, 0.29) is 0 Å². The Morgan fingerprint density at radius 1 is 0.829 bits per heavy atom. The van der Waals surface area contributed by atoms with Crippen molar-refractivity contribution in [1.82, 2.24) is 0 Å². The summed E-state index contributed by atoms with van der Waals surface area (Å²) < 4.78 is 36.0. The van der Waals surface area contributed by atoms with Crippen LogP contribution in [0.15, 0.2) is 22.9 Å². The summed E-state index contributed by atoms with van der Waals surface area (Å²) in [5, 5.41) is 4.00. The van der Waals surface area contributed by atoms with Crippen LogP contribution < -0.4 is 28.4 Å². The molecule has 8 heteroatoms. The minimum atomic E-state index is 0.511. The molecule has 35 heavy (non-hydrogen) atoms. The molecule has 0 fully saturated rings. The smallest absolute Gasteiger partial charge is 0.180 e. The summed E-state index contributed by atoms with van der Waals surface area (Å²) in [6, 6.07) is 4.14. The molecule has 1 atom stereocenters. The van der Waals surface area contributed by atoms with E-state index in [0.29, 0.717) is 39.0 Å². The lowest BCUT2D eigenvalue weighted by Crippen LogP contribution is -2.15. The normalized spacial score (nSPS) is 15.1. The molecule has 0 aliphatic carbocycles. The van der Waals surface area contributed by atoms with Crippen LogP contribution in [0.4, 0.5) is 0 Å². The number of thiophene rings is 2. The predicted octanol–water partition coefficient (Wildman–Crippen LogP) is 7.29. The molecular formula is C27H32O6S2. The summed E-state index contributed by atoms with van der Waals surface area (Å²) in [4.78, 5) is 1.98. The largest absolute Gasteiger partial charge is 0.496 e. The summed E-state index contributed by atoms with van der Waals surface area (Å²) in [5.41, 5.74) is 1.89. The van der Waals surface area contributed by atoms with Crippen LogP contribution in [-0.4, -0.2) is 40.1 Å². The highest BCUT2D eigenvalue weighted by atomic mass is 32.1. The van der Waals surface area contributed by atoms with Crippen LogP contribution in [0.5, 0.6) is 34.5 Å². The molecule has 3 aromatic rings. The maximum Gasteiger partial charge on any atom is 0.180 e. The molecule has 0 spiro atoms. The van der Waals surface area contributed by atoms with Gasteiger partial charge in [-0.3, -0.25) is 0 Å². The second-order valence-electron chi connectivity index (χ2n) is 8.69. The van der Waals surface area contributed by atoms with Gasteiger partial charge in [-0.05, 0) is 24.5 Å². The Morgan fingerprint density at radius 2 is 1.40 bits per heavy atom. The zero-order valence-electron chi connectivity index (χ0n) is 20.5. The average molecular weight is 517 g/mol. The van der Waals surface area contributed by atoms with Gasteiger partial charge in [-0.2, -0.15) is 0 Å². The summed E-state index contributed by atoms with van der Waals surface area (Å²) in [6.45, 7) is 7.34. The molecule has 1 unspecified atom stereocenters. The molecule has 0 amide bonds. The van der Waals surface area contributed by atoms with Crippen molar-refractivity contribution >= 4 is 22.7 Å². The number of fused-ring (bicyclic) bond motifs is 2. The van der Waals surface area contributed by atoms with Crippen LogP contribution in [-0.2, 0) is 0 Å². The molecule has 2 aliphatic rings. The molecule has 4 heterocycles. The third kappa shape index (κ3) is 4.91. The summed E-state index contributed by atoms with van der Waals surface area (Å²) in [7, 11) is 1.70. The maximum absolute atomic E-state index is 6.57. The number of ether oxygens (including phenoxy) is 6. The third-order valence-corrected chi connectivity index (χ3v) is 8.36. The molecule has 2 aromatic heterocycles. The lowest BCUT2D eigenvalue weighted by atomic mass is 10.0. The number of hydrogen-bond donors (Lipinski definition) is 0. The van der Waals surface area contributed by atoms with E-state index in [1.165, 1.54) is 19.3 Å². The second kappa shape index (κ2) is 11.0. The van der Waals surface area contributed by atoms with Crippen LogP contribution in [0.1, 0.15) is 39.5 Å². The first-order valence-corrected chi connectivity index (χ1v) is 14.1. The Kier molecular flexibility index (Phi) is 7.58. The Hall–Kier alpha value is -2.58. The van der Waals surface area contributed by atoms with Gasteiger partial charge in [0.05, 0.1) is 23.5 Å². The SMILES string of the molecule is CCCCC(CC)COc1cc(-c2scc3c2OCCO3)c(OC)cc1-c1scc2c1OCCO2. The van der Waals surface area contributed by atoms with Gasteiger partial charge >= 0.3 is 0 Å². The number of benzene rings is 1. The zero-order chi connectivity index (χ0) is 24.2. The Labute approximate surface area is 214 Å². The Bertz CT molecular complexity index is 1150. The van der Waals surface area contributed by atoms with E-state index in [0.717, 1.165) is 61.8 Å². The molecule has 0 saturated carbocycles. The van der Waals surface area contributed by atoms with Gasteiger partial charge in [0.25, 0.3) is 0 Å². The minimum absolute atomic E-state index is 0.511. The first kappa shape index (κ1) is 24.1. The van der Waals surface area contributed by atoms with Gasteiger partial charge in [-0.1, -0.05) is 33.1 Å². The summed E-state index contributed by atoms with van der Waals surface area (Å²) in [5.74, 6) is 5.21. The van der Waals surface area contributed by atoms with Crippen molar-refractivity contribution in [3.8, 4) is 55.4 Å². The highest BCUT2D eigenvalue weighted by molar-refractivity contribution is 7.14. The first-order chi connectivity index (χ1) is 17.2. The number of rotatable bonds is 10. The lowest BCUT2D eigenvalue weighted by Gasteiger charge is -2.21. The number of hydrogen-bond acceptors (Lipinski definition) is 8. The van der Waals surface area contributed by atoms with Crippen LogP contribution in [0.25, 0.3) is 20.9 Å². The quantitative estimate of drug-likeness (QED) is 0.282. The van der Waals surface area contributed by atoms with Crippen LogP contribution >= 0.6 is 22.7 Å². The molecule has 0 saturated heterocycles. The van der Waals surface area contributed by atoms with E-state index in [4.69, 9.17) is 28.4 Å². The van der Waals surface area contributed by atoms with Gasteiger partial charge in [0, 0.05) is 21.9 Å². The van der Waals surface area contributed by atoms with E-state index in [2.05, 4.69) is 26.0 Å². The van der Waals surface area contributed by atoms with Crippen molar-refractivity contribution < 1.29 is 28.4 Å².